The third kappa shape index (κ3) is 3.56. The van der Waals surface area contributed by atoms with Gasteiger partial charge in [0.05, 0.1) is 17.9 Å². The summed E-state index contributed by atoms with van der Waals surface area (Å²) in [5.74, 6) is 0.228. The number of H-pyrrole nitrogens is 1. The molecule has 0 amide bonds. The second kappa shape index (κ2) is 7.60. The van der Waals surface area contributed by atoms with Crippen molar-refractivity contribution in [1.82, 2.24) is 25.5 Å². The van der Waals surface area contributed by atoms with Crippen LogP contribution in [0.1, 0.15) is 12.8 Å². The smallest absolute Gasteiger partial charge is 0.233 e. The third-order valence-electron chi connectivity index (χ3n) is 5.14. The highest BCUT2D eigenvalue weighted by Gasteiger charge is 2.17. The number of fused-ring (bicyclic) bond motifs is 1. The van der Waals surface area contributed by atoms with Crippen molar-refractivity contribution in [2.75, 3.05) is 13.1 Å². The van der Waals surface area contributed by atoms with E-state index in [2.05, 4.69) is 25.5 Å². The predicted octanol–water partition coefficient (Wildman–Crippen LogP) is 3.96. The van der Waals surface area contributed by atoms with Crippen molar-refractivity contribution in [3.63, 3.8) is 0 Å². The molecule has 6 nitrogen and oxygen atoms in total. The number of ether oxygens (including phenoxy) is 1. The summed E-state index contributed by atoms with van der Waals surface area (Å²) in [5, 5.41) is 11.6. The van der Waals surface area contributed by atoms with E-state index < -0.39 is 0 Å². The number of piperidine rings is 1. The fraction of sp³-hybridized carbons (Fsp3) is 0.227. The average Bonchev–Trinajstić information content (AvgIpc) is 3.18. The standard InChI is InChI=1S/C22H20FN5O/c23-18-6-2-1-5-16(18)14-7-8-19-17(10-14)22(28-27-19)20-12-25-13-21(26-20)29-15-4-3-9-24-11-15/h1-2,5-8,10,12-13,15,24H,3-4,9,11H2,(H,27,28)/t15-/m1/s1. The highest BCUT2D eigenvalue weighted by Crippen LogP contribution is 2.31. The molecular formula is C22H20FN5O. The fourth-order valence-corrected chi connectivity index (χ4v) is 3.68. The molecule has 1 atom stereocenters. The zero-order valence-corrected chi connectivity index (χ0v) is 15.7. The molecule has 0 bridgehead atoms. The molecule has 0 unspecified atom stereocenters. The van der Waals surface area contributed by atoms with Gasteiger partial charge in [0.2, 0.25) is 5.88 Å². The van der Waals surface area contributed by atoms with Gasteiger partial charge in [-0.05, 0) is 43.1 Å². The lowest BCUT2D eigenvalue weighted by molar-refractivity contribution is 0.160. The van der Waals surface area contributed by atoms with E-state index in [0.29, 0.717) is 22.8 Å². The summed E-state index contributed by atoms with van der Waals surface area (Å²) >= 11 is 0. The number of rotatable bonds is 4. The summed E-state index contributed by atoms with van der Waals surface area (Å²) in [7, 11) is 0. The van der Waals surface area contributed by atoms with Crippen LogP contribution in [0.2, 0.25) is 0 Å². The first-order chi connectivity index (χ1) is 14.3. The molecule has 0 spiro atoms. The Balaban J connectivity index is 1.51. The molecule has 146 valence electrons. The molecule has 0 aliphatic carbocycles. The molecule has 2 N–H and O–H groups in total. The Kier molecular flexibility index (Phi) is 4.65. The van der Waals surface area contributed by atoms with Gasteiger partial charge < -0.3 is 10.1 Å². The van der Waals surface area contributed by atoms with Crippen molar-refractivity contribution in [2.24, 2.45) is 0 Å². The van der Waals surface area contributed by atoms with Crippen LogP contribution in [0.3, 0.4) is 0 Å². The Bertz CT molecular complexity index is 1150. The average molecular weight is 389 g/mol. The Morgan fingerprint density at radius 3 is 2.90 bits per heavy atom. The molecule has 5 rings (SSSR count). The first-order valence-corrected chi connectivity index (χ1v) is 9.71. The molecule has 2 aromatic carbocycles. The summed E-state index contributed by atoms with van der Waals surface area (Å²) in [6.45, 7) is 1.83. The van der Waals surface area contributed by atoms with Gasteiger partial charge in [-0.2, -0.15) is 5.10 Å². The zero-order valence-electron chi connectivity index (χ0n) is 15.7. The van der Waals surface area contributed by atoms with E-state index in [1.807, 2.05) is 24.3 Å². The van der Waals surface area contributed by atoms with Crippen molar-refractivity contribution in [1.29, 1.82) is 0 Å². The molecule has 0 radical (unpaired) electrons. The largest absolute Gasteiger partial charge is 0.472 e. The predicted molar refractivity (Wildman–Crippen MR) is 109 cm³/mol. The lowest BCUT2D eigenvalue weighted by Gasteiger charge is -2.23. The number of nitrogens with one attached hydrogen (secondary N) is 2. The van der Waals surface area contributed by atoms with Gasteiger partial charge in [-0.1, -0.05) is 24.3 Å². The topological polar surface area (TPSA) is 75.7 Å². The van der Waals surface area contributed by atoms with Crippen LogP contribution in [0, 0.1) is 5.82 Å². The van der Waals surface area contributed by atoms with Crippen LogP contribution in [0.15, 0.2) is 54.9 Å². The summed E-state index contributed by atoms with van der Waals surface area (Å²) < 4.78 is 20.2. The summed E-state index contributed by atoms with van der Waals surface area (Å²) in [5.41, 5.74) is 3.47. The number of hydrogen-bond acceptors (Lipinski definition) is 5. The van der Waals surface area contributed by atoms with Crippen molar-refractivity contribution in [3.05, 3.63) is 60.7 Å². The second-order valence-electron chi connectivity index (χ2n) is 7.14. The first-order valence-electron chi connectivity index (χ1n) is 9.71. The fourth-order valence-electron chi connectivity index (χ4n) is 3.68. The molecule has 1 aliphatic rings. The molecule has 1 aliphatic heterocycles. The molecule has 0 saturated carbocycles. The van der Waals surface area contributed by atoms with Gasteiger partial charge in [-0.15, -0.1) is 0 Å². The van der Waals surface area contributed by atoms with Crippen LogP contribution in [0.25, 0.3) is 33.4 Å². The third-order valence-corrected chi connectivity index (χ3v) is 5.14. The van der Waals surface area contributed by atoms with E-state index in [1.165, 1.54) is 6.07 Å². The molecule has 3 heterocycles. The molecule has 1 saturated heterocycles. The van der Waals surface area contributed by atoms with Crippen molar-refractivity contribution < 1.29 is 9.13 Å². The number of nitrogens with zero attached hydrogens (tertiary/aromatic N) is 3. The maximum atomic E-state index is 14.2. The van der Waals surface area contributed by atoms with Crippen molar-refractivity contribution in [3.8, 4) is 28.4 Å². The van der Waals surface area contributed by atoms with E-state index >= 15 is 0 Å². The van der Waals surface area contributed by atoms with Crippen LogP contribution < -0.4 is 10.1 Å². The molecule has 1 fully saturated rings. The van der Waals surface area contributed by atoms with E-state index in [4.69, 9.17) is 4.74 Å². The van der Waals surface area contributed by atoms with Crippen molar-refractivity contribution in [2.45, 2.75) is 18.9 Å². The Morgan fingerprint density at radius 2 is 2.03 bits per heavy atom. The number of aromatic amines is 1. The normalized spacial score (nSPS) is 16.8. The first kappa shape index (κ1) is 17.8. The van der Waals surface area contributed by atoms with Gasteiger partial charge in [0.15, 0.2) is 0 Å². The monoisotopic (exact) mass is 389 g/mol. The molecular weight excluding hydrogens is 369 g/mol. The Hall–Kier alpha value is -3.32. The van der Waals surface area contributed by atoms with E-state index in [9.17, 15) is 4.39 Å². The Morgan fingerprint density at radius 1 is 1.10 bits per heavy atom. The minimum absolute atomic E-state index is 0.0943. The van der Waals surface area contributed by atoms with Gasteiger partial charge in [-0.25, -0.2) is 9.37 Å². The molecule has 29 heavy (non-hydrogen) atoms. The van der Waals surface area contributed by atoms with Crippen LogP contribution in [-0.4, -0.2) is 39.4 Å². The molecule has 4 aromatic rings. The van der Waals surface area contributed by atoms with Crippen LogP contribution >= 0.6 is 0 Å². The van der Waals surface area contributed by atoms with Crippen molar-refractivity contribution >= 4 is 10.9 Å². The molecule has 7 heteroatoms. The maximum absolute atomic E-state index is 14.2. The van der Waals surface area contributed by atoms with E-state index in [-0.39, 0.29) is 11.9 Å². The highest BCUT2D eigenvalue weighted by molar-refractivity contribution is 5.94. The minimum Gasteiger partial charge on any atom is -0.472 e. The zero-order chi connectivity index (χ0) is 19.6. The van der Waals surface area contributed by atoms with Gasteiger partial charge in [0.25, 0.3) is 0 Å². The minimum atomic E-state index is -0.256. The molecule has 2 aromatic heterocycles. The number of hydrogen-bond donors (Lipinski definition) is 2. The Labute approximate surface area is 167 Å². The van der Waals surface area contributed by atoms with Crippen LogP contribution in [-0.2, 0) is 0 Å². The number of benzene rings is 2. The van der Waals surface area contributed by atoms with Gasteiger partial charge in [-0.3, -0.25) is 10.1 Å². The summed E-state index contributed by atoms with van der Waals surface area (Å²) in [6.07, 6.45) is 5.46. The summed E-state index contributed by atoms with van der Waals surface area (Å²) in [4.78, 5) is 8.90. The van der Waals surface area contributed by atoms with E-state index in [0.717, 1.165) is 42.4 Å². The second-order valence-corrected chi connectivity index (χ2v) is 7.14. The highest BCUT2D eigenvalue weighted by atomic mass is 19.1. The van der Waals surface area contributed by atoms with Gasteiger partial charge >= 0.3 is 0 Å². The van der Waals surface area contributed by atoms with Gasteiger partial charge in [0.1, 0.15) is 23.3 Å². The summed E-state index contributed by atoms with van der Waals surface area (Å²) in [6, 6.07) is 12.4. The lowest BCUT2D eigenvalue weighted by Crippen LogP contribution is -2.37. The maximum Gasteiger partial charge on any atom is 0.233 e. The SMILES string of the molecule is Fc1ccccc1-c1ccc2[nH]nc(-c3cncc(O[C@@H]4CCCNC4)n3)c2c1. The quantitative estimate of drug-likeness (QED) is 0.553. The van der Waals surface area contributed by atoms with Crippen LogP contribution in [0.5, 0.6) is 5.88 Å². The lowest BCUT2D eigenvalue weighted by atomic mass is 10.0. The van der Waals surface area contributed by atoms with E-state index in [1.54, 1.807) is 24.5 Å². The van der Waals surface area contributed by atoms with Crippen LogP contribution in [0.4, 0.5) is 4.39 Å². The number of aromatic nitrogens is 4. The van der Waals surface area contributed by atoms with Gasteiger partial charge in [0, 0.05) is 17.5 Å². The number of halogens is 1.